The number of rotatable bonds is 5. The molecular formula is C16H17N3O2. The molecular weight excluding hydrogens is 266 g/mol. The molecule has 0 saturated heterocycles. The quantitative estimate of drug-likeness (QED) is 0.532. The maximum absolute atomic E-state index is 5.44. The van der Waals surface area contributed by atoms with E-state index in [1.807, 2.05) is 54.8 Å². The fraction of sp³-hybridized carbons (Fsp3) is 0.250. The van der Waals surface area contributed by atoms with Crippen LogP contribution in [-0.4, -0.2) is 21.4 Å². The van der Waals surface area contributed by atoms with Crippen molar-refractivity contribution in [3.63, 3.8) is 0 Å². The van der Waals surface area contributed by atoms with Gasteiger partial charge in [-0.05, 0) is 38.1 Å². The van der Waals surface area contributed by atoms with Crippen LogP contribution in [0.3, 0.4) is 0 Å². The zero-order valence-corrected chi connectivity index (χ0v) is 12.1. The lowest BCUT2D eigenvalue weighted by atomic mass is 10.2. The van der Waals surface area contributed by atoms with Gasteiger partial charge in [-0.25, -0.2) is 4.98 Å². The van der Waals surface area contributed by atoms with Crippen molar-refractivity contribution >= 4 is 16.7 Å². The molecule has 2 aromatic heterocycles. The molecule has 0 fully saturated rings. The first kappa shape index (κ1) is 13.4. The number of aromatic nitrogens is 2. The van der Waals surface area contributed by atoms with E-state index in [9.17, 15) is 0 Å². The lowest BCUT2D eigenvalue weighted by molar-refractivity contribution is 0.0852. The Morgan fingerprint density at radius 3 is 2.90 bits per heavy atom. The molecule has 0 N–H and O–H groups in total. The third kappa shape index (κ3) is 2.97. The highest BCUT2D eigenvalue weighted by Gasteiger charge is 2.11. The summed E-state index contributed by atoms with van der Waals surface area (Å²) in [6, 6.07) is 11.7. The van der Waals surface area contributed by atoms with E-state index < -0.39 is 0 Å². The van der Waals surface area contributed by atoms with E-state index in [4.69, 9.17) is 9.25 Å². The Morgan fingerprint density at radius 1 is 1.29 bits per heavy atom. The Labute approximate surface area is 122 Å². The first-order valence-corrected chi connectivity index (χ1v) is 6.90. The highest BCUT2D eigenvalue weighted by atomic mass is 16.6. The van der Waals surface area contributed by atoms with E-state index in [1.54, 1.807) is 12.6 Å². The third-order valence-electron chi connectivity index (χ3n) is 3.03. The van der Waals surface area contributed by atoms with Crippen LogP contribution in [0.5, 0.6) is 0 Å². The van der Waals surface area contributed by atoms with Gasteiger partial charge >= 0.3 is 0 Å². The summed E-state index contributed by atoms with van der Waals surface area (Å²) in [5.74, 6) is 0.702. The number of fused-ring (bicyclic) bond motifs is 1. The standard InChI is InChI=1S/C16H17N3O2/c1-12(2)21-18-14(16-8-5-9-20-16)10-19-11-17-13-6-3-4-7-15(13)19/h3-9,11-12H,10H2,1-2H3. The van der Waals surface area contributed by atoms with Gasteiger partial charge < -0.3 is 13.8 Å². The van der Waals surface area contributed by atoms with Crippen LogP contribution in [0.15, 0.2) is 58.6 Å². The van der Waals surface area contributed by atoms with Crippen LogP contribution >= 0.6 is 0 Å². The maximum Gasteiger partial charge on any atom is 0.153 e. The number of oxime groups is 1. The van der Waals surface area contributed by atoms with E-state index in [0.29, 0.717) is 12.3 Å². The van der Waals surface area contributed by atoms with E-state index in [2.05, 4.69) is 10.1 Å². The van der Waals surface area contributed by atoms with Gasteiger partial charge in [-0.3, -0.25) is 0 Å². The molecule has 0 unspecified atom stereocenters. The molecule has 0 bridgehead atoms. The minimum atomic E-state index is 0.0227. The lowest BCUT2D eigenvalue weighted by Gasteiger charge is -2.08. The van der Waals surface area contributed by atoms with Gasteiger partial charge in [0.1, 0.15) is 11.8 Å². The summed E-state index contributed by atoms with van der Waals surface area (Å²) >= 11 is 0. The van der Waals surface area contributed by atoms with Crippen molar-refractivity contribution in [1.29, 1.82) is 0 Å². The van der Waals surface area contributed by atoms with E-state index in [-0.39, 0.29) is 6.10 Å². The summed E-state index contributed by atoms with van der Waals surface area (Å²) in [7, 11) is 0. The average Bonchev–Trinajstić information content (AvgIpc) is 3.13. The van der Waals surface area contributed by atoms with Gasteiger partial charge in [0.25, 0.3) is 0 Å². The van der Waals surface area contributed by atoms with E-state index in [0.717, 1.165) is 16.7 Å². The number of nitrogens with zero attached hydrogens (tertiary/aromatic N) is 3. The Hall–Kier alpha value is -2.56. The summed E-state index contributed by atoms with van der Waals surface area (Å²) in [6.45, 7) is 4.42. The molecule has 0 aliphatic carbocycles. The van der Waals surface area contributed by atoms with Crippen LogP contribution in [0.25, 0.3) is 11.0 Å². The van der Waals surface area contributed by atoms with Crippen LogP contribution in [0, 0.1) is 0 Å². The molecule has 2 heterocycles. The molecule has 3 aromatic rings. The third-order valence-corrected chi connectivity index (χ3v) is 3.03. The summed E-state index contributed by atoms with van der Waals surface area (Å²) in [6.07, 6.45) is 3.46. The van der Waals surface area contributed by atoms with E-state index >= 15 is 0 Å². The van der Waals surface area contributed by atoms with Gasteiger partial charge in [-0.1, -0.05) is 17.3 Å². The molecule has 5 nitrogen and oxygen atoms in total. The molecule has 0 amide bonds. The Balaban J connectivity index is 1.93. The van der Waals surface area contributed by atoms with Crippen molar-refractivity contribution in [2.24, 2.45) is 5.16 Å². The van der Waals surface area contributed by atoms with Crippen LogP contribution in [0.2, 0.25) is 0 Å². The topological polar surface area (TPSA) is 52.5 Å². The number of hydrogen-bond donors (Lipinski definition) is 0. The number of hydrogen-bond acceptors (Lipinski definition) is 4. The van der Waals surface area contributed by atoms with Crippen LogP contribution in [-0.2, 0) is 11.4 Å². The molecule has 1 aromatic carbocycles. The highest BCUT2D eigenvalue weighted by Crippen LogP contribution is 2.14. The van der Waals surface area contributed by atoms with Gasteiger partial charge in [-0.15, -0.1) is 0 Å². The lowest BCUT2D eigenvalue weighted by Crippen LogP contribution is -2.12. The second kappa shape index (κ2) is 5.83. The van der Waals surface area contributed by atoms with Crippen LogP contribution in [0.1, 0.15) is 19.6 Å². The monoisotopic (exact) mass is 283 g/mol. The maximum atomic E-state index is 5.44. The SMILES string of the molecule is CC(C)ON=C(Cn1cnc2ccccc21)c1ccco1. The van der Waals surface area contributed by atoms with Gasteiger partial charge in [0.05, 0.1) is 30.2 Å². The summed E-state index contributed by atoms with van der Waals surface area (Å²) in [5.41, 5.74) is 2.75. The average molecular weight is 283 g/mol. The second-order valence-corrected chi connectivity index (χ2v) is 5.03. The normalized spacial score (nSPS) is 12.2. The van der Waals surface area contributed by atoms with Crippen molar-refractivity contribution in [2.45, 2.75) is 26.5 Å². The smallest absolute Gasteiger partial charge is 0.153 e. The van der Waals surface area contributed by atoms with E-state index in [1.165, 1.54) is 0 Å². The molecule has 0 aliphatic rings. The molecule has 0 spiro atoms. The summed E-state index contributed by atoms with van der Waals surface area (Å²) < 4.78 is 7.47. The molecule has 0 radical (unpaired) electrons. The first-order valence-electron chi connectivity index (χ1n) is 6.90. The Kier molecular flexibility index (Phi) is 3.73. The molecule has 3 rings (SSSR count). The van der Waals surface area contributed by atoms with Crippen LogP contribution < -0.4 is 0 Å². The zero-order chi connectivity index (χ0) is 14.7. The van der Waals surface area contributed by atoms with Gasteiger partial charge in [0, 0.05) is 0 Å². The molecule has 5 heteroatoms. The molecule has 0 atom stereocenters. The molecule has 0 aliphatic heterocycles. The van der Waals surface area contributed by atoms with Crippen molar-refractivity contribution < 1.29 is 9.25 Å². The van der Waals surface area contributed by atoms with Crippen molar-refractivity contribution in [1.82, 2.24) is 9.55 Å². The number of furan rings is 1. The second-order valence-electron chi connectivity index (χ2n) is 5.03. The number of imidazole rings is 1. The van der Waals surface area contributed by atoms with Crippen molar-refractivity contribution in [2.75, 3.05) is 0 Å². The fourth-order valence-electron chi connectivity index (χ4n) is 2.06. The number of para-hydroxylation sites is 2. The van der Waals surface area contributed by atoms with Gasteiger partial charge in [0.15, 0.2) is 5.76 Å². The van der Waals surface area contributed by atoms with Crippen molar-refractivity contribution in [3.8, 4) is 0 Å². The minimum Gasteiger partial charge on any atom is -0.463 e. The minimum absolute atomic E-state index is 0.0227. The molecule has 0 saturated carbocycles. The predicted molar refractivity (Wildman–Crippen MR) is 81.2 cm³/mol. The van der Waals surface area contributed by atoms with Gasteiger partial charge in [0.2, 0.25) is 0 Å². The molecule has 21 heavy (non-hydrogen) atoms. The van der Waals surface area contributed by atoms with Crippen LogP contribution in [0.4, 0.5) is 0 Å². The zero-order valence-electron chi connectivity index (χ0n) is 12.1. The Bertz CT molecular complexity index is 742. The van der Waals surface area contributed by atoms with Crippen molar-refractivity contribution in [3.05, 3.63) is 54.7 Å². The predicted octanol–water partition coefficient (Wildman–Crippen LogP) is 3.46. The Morgan fingerprint density at radius 2 is 2.14 bits per heavy atom. The number of benzene rings is 1. The fourth-order valence-corrected chi connectivity index (χ4v) is 2.06. The first-order chi connectivity index (χ1) is 10.2. The largest absolute Gasteiger partial charge is 0.463 e. The highest BCUT2D eigenvalue weighted by molar-refractivity contribution is 5.98. The summed E-state index contributed by atoms with van der Waals surface area (Å²) in [4.78, 5) is 9.77. The molecule has 108 valence electrons. The van der Waals surface area contributed by atoms with Gasteiger partial charge in [-0.2, -0.15) is 0 Å². The summed E-state index contributed by atoms with van der Waals surface area (Å²) in [5, 5.41) is 4.22.